The molecule has 0 radical (unpaired) electrons. The molecule has 2 N–H and O–H groups in total. The maximum absolute atomic E-state index is 10.4. The van der Waals surface area contributed by atoms with Gasteiger partial charge in [-0.25, -0.2) is 0 Å². The van der Waals surface area contributed by atoms with Crippen molar-refractivity contribution in [2.24, 2.45) is 7.05 Å². The van der Waals surface area contributed by atoms with Crippen molar-refractivity contribution in [1.29, 1.82) is 0 Å². The number of aromatic nitrogens is 1. The smallest absolute Gasteiger partial charge is 0.303 e. The summed E-state index contributed by atoms with van der Waals surface area (Å²) in [6, 6.07) is 8.36. The summed E-state index contributed by atoms with van der Waals surface area (Å²) in [5.74, 6) is -0.734. The minimum atomic E-state index is -0.734. The molecule has 0 unspecified atom stereocenters. The summed E-state index contributed by atoms with van der Waals surface area (Å²) in [5, 5.41) is 13.2. The molecule has 0 aliphatic rings. The lowest BCUT2D eigenvalue weighted by atomic mass is 10.1. The molecule has 0 amide bonds. The van der Waals surface area contributed by atoms with Crippen LogP contribution in [0.3, 0.4) is 0 Å². The van der Waals surface area contributed by atoms with Gasteiger partial charge in [-0.3, -0.25) is 4.79 Å². The molecule has 0 spiro atoms. The van der Waals surface area contributed by atoms with Gasteiger partial charge in [-0.15, -0.1) is 0 Å². The van der Waals surface area contributed by atoms with Gasteiger partial charge in [-0.05, 0) is 31.5 Å². The van der Waals surface area contributed by atoms with E-state index in [0.717, 1.165) is 13.1 Å². The van der Waals surface area contributed by atoms with Crippen LogP contribution in [0.2, 0.25) is 0 Å². The van der Waals surface area contributed by atoms with E-state index in [2.05, 4.69) is 42.1 Å². The first kappa shape index (κ1) is 13.6. The van der Waals surface area contributed by atoms with Gasteiger partial charge in [0.05, 0.1) is 0 Å². The first-order chi connectivity index (χ1) is 9.11. The monoisotopic (exact) mass is 260 g/mol. The molecule has 19 heavy (non-hydrogen) atoms. The molecular formula is C15H20N2O2. The average molecular weight is 260 g/mol. The van der Waals surface area contributed by atoms with Crippen LogP contribution in [-0.4, -0.2) is 22.2 Å². The largest absolute Gasteiger partial charge is 0.481 e. The van der Waals surface area contributed by atoms with Crippen LogP contribution in [-0.2, 0) is 18.4 Å². The summed E-state index contributed by atoms with van der Waals surface area (Å²) in [6.07, 6.45) is 0.888. The number of carbonyl (C=O) groups is 1. The number of hydrogen-bond donors (Lipinski definition) is 2. The van der Waals surface area contributed by atoms with Crippen LogP contribution in [0.1, 0.15) is 24.1 Å². The molecule has 1 heterocycles. The minimum Gasteiger partial charge on any atom is -0.481 e. The van der Waals surface area contributed by atoms with E-state index in [0.29, 0.717) is 6.42 Å². The number of carboxylic acids is 1. The summed E-state index contributed by atoms with van der Waals surface area (Å²) in [7, 11) is 2.07. The number of aryl methyl sites for hydroxylation is 2. The van der Waals surface area contributed by atoms with Crippen LogP contribution in [0.4, 0.5) is 0 Å². The van der Waals surface area contributed by atoms with Crippen molar-refractivity contribution >= 4 is 16.9 Å². The third kappa shape index (κ3) is 2.96. The van der Waals surface area contributed by atoms with Gasteiger partial charge in [0.1, 0.15) is 0 Å². The van der Waals surface area contributed by atoms with E-state index in [1.165, 1.54) is 22.2 Å². The first-order valence-corrected chi connectivity index (χ1v) is 6.56. The van der Waals surface area contributed by atoms with E-state index in [-0.39, 0.29) is 6.42 Å². The number of carboxylic acid groups (broad SMARTS) is 1. The fourth-order valence-electron chi connectivity index (χ4n) is 2.46. The molecule has 0 saturated carbocycles. The van der Waals surface area contributed by atoms with Crippen molar-refractivity contribution in [3.05, 3.63) is 35.5 Å². The second-order valence-electron chi connectivity index (χ2n) is 4.82. The van der Waals surface area contributed by atoms with Gasteiger partial charge >= 0.3 is 5.97 Å². The normalized spacial score (nSPS) is 11.1. The van der Waals surface area contributed by atoms with Gasteiger partial charge in [0.25, 0.3) is 0 Å². The topological polar surface area (TPSA) is 54.3 Å². The molecule has 2 aromatic rings. The van der Waals surface area contributed by atoms with Gasteiger partial charge in [0, 0.05) is 36.6 Å². The number of benzene rings is 1. The highest BCUT2D eigenvalue weighted by atomic mass is 16.4. The number of para-hydroxylation sites is 1. The Morgan fingerprint density at radius 1 is 1.37 bits per heavy atom. The second-order valence-corrected chi connectivity index (χ2v) is 4.82. The molecule has 0 atom stereocenters. The van der Waals surface area contributed by atoms with E-state index in [1.54, 1.807) is 0 Å². The summed E-state index contributed by atoms with van der Waals surface area (Å²) in [6.45, 7) is 3.64. The zero-order chi connectivity index (χ0) is 13.8. The lowest BCUT2D eigenvalue weighted by Crippen LogP contribution is -2.18. The van der Waals surface area contributed by atoms with E-state index in [4.69, 9.17) is 5.11 Å². The van der Waals surface area contributed by atoms with Gasteiger partial charge < -0.3 is 15.0 Å². The van der Waals surface area contributed by atoms with Gasteiger partial charge in [0.15, 0.2) is 0 Å². The molecule has 2 rings (SSSR count). The predicted octanol–water partition coefficient (Wildman–Crippen LogP) is 2.44. The maximum atomic E-state index is 10.4. The van der Waals surface area contributed by atoms with Gasteiger partial charge in [-0.2, -0.15) is 0 Å². The van der Waals surface area contributed by atoms with Crippen LogP contribution in [0.15, 0.2) is 24.3 Å². The van der Waals surface area contributed by atoms with Crippen LogP contribution in [0.25, 0.3) is 10.9 Å². The Kier molecular flexibility index (Phi) is 4.22. The molecule has 0 saturated heterocycles. The Hall–Kier alpha value is -1.81. The highest BCUT2D eigenvalue weighted by molar-refractivity contribution is 5.85. The molecule has 0 fully saturated rings. The maximum Gasteiger partial charge on any atom is 0.303 e. The summed E-state index contributed by atoms with van der Waals surface area (Å²) >= 11 is 0. The fraction of sp³-hybridized carbons (Fsp3) is 0.400. The number of fused-ring (bicyclic) bond motifs is 1. The number of nitrogens with zero attached hydrogens (tertiary/aromatic N) is 1. The van der Waals surface area contributed by atoms with Crippen molar-refractivity contribution in [3.8, 4) is 0 Å². The molecule has 4 heteroatoms. The van der Waals surface area contributed by atoms with Crippen LogP contribution in [0.5, 0.6) is 0 Å². The van der Waals surface area contributed by atoms with E-state index in [1.807, 2.05) is 6.07 Å². The quantitative estimate of drug-likeness (QED) is 0.784. The zero-order valence-corrected chi connectivity index (χ0v) is 11.4. The summed E-state index contributed by atoms with van der Waals surface area (Å²) in [5.41, 5.74) is 3.79. The predicted molar refractivity (Wildman–Crippen MR) is 76.2 cm³/mol. The van der Waals surface area contributed by atoms with Gasteiger partial charge in [0.2, 0.25) is 0 Å². The highest BCUT2D eigenvalue weighted by Gasteiger charge is 2.10. The van der Waals surface area contributed by atoms with Crippen molar-refractivity contribution in [2.75, 3.05) is 6.54 Å². The Morgan fingerprint density at radius 3 is 2.79 bits per heavy atom. The molecular weight excluding hydrogens is 240 g/mol. The summed E-state index contributed by atoms with van der Waals surface area (Å²) < 4.78 is 2.20. The van der Waals surface area contributed by atoms with Crippen molar-refractivity contribution in [3.63, 3.8) is 0 Å². The SMILES string of the molecule is Cc1c(CNCCCC(=O)O)n(C)c2ccccc12. The third-order valence-corrected chi connectivity index (χ3v) is 3.54. The van der Waals surface area contributed by atoms with E-state index >= 15 is 0 Å². The number of aliphatic carboxylic acids is 1. The van der Waals surface area contributed by atoms with E-state index in [9.17, 15) is 4.79 Å². The van der Waals surface area contributed by atoms with Crippen LogP contribution < -0.4 is 5.32 Å². The second kappa shape index (κ2) is 5.89. The molecule has 0 aliphatic heterocycles. The summed E-state index contributed by atoms with van der Waals surface area (Å²) in [4.78, 5) is 10.4. The fourth-order valence-corrected chi connectivity index (χ4v) is 2.46. The van der Waals surface area contributed by atoms with Crippen molar-refractivity contribution in [1.82, 2.24) is 9.88 Å². The third-order valence-electron chi connectivity index (χ3n) is 3.54. The molecule has 0 bridgehead atoms. The standard InChI is InChI=1S/C15H20N2O2/c1-11-12-6-3-4-7-13(12)17(2)14(11)10-16-9-5-8-15(18)19/h3-4,6-7,16H,5,8-10H2,1-2H3,(H,18,19). The molecule has 0 aliphatic carbocycles. The van der Waals surface area contributed by atoms with Crippen LogP contribution in [0, 0.1) is 6.92 Å². The van der Waals surface area contributed by atoms with Gasteiger partial charge in [-0.1, -0.05) is 18.2 Å². The van der Waals surface area contributed by atoms with Crippen LogP contribution >= 0.6 is 0 Å². The molecule has 4 nitrogen and oxygen atoms in total. The highest BCUT2D eigenvalue weighted by Crippen LogP contribution is 2.24. The Morgan fingerprint density at radius 2 is 2.11 bits per heavy atom. The Labute approximate surface area is 113 Å². The first-order valence-electron chi connectivity index (χ1n) is 6.56. The minimum absolute atomic E-state index is 0.223. The average Bonchev–Trinajstić information content (AvgIpc) is 2.63. The number of nitrogens with one attached hydrogen (secondary N) is 1. The van der Waals surface area contributed by atoms with Crippen molar-refractivity contribution < 1.29 is 9.90 Å². The Bertz CT molecular complexity index is 548. The Balaban J connectivity index is 2.03. The lowest BCUT2D eigenvalue weighted by Gasteiger charge is -2.07. The van der Waals surface area contributed by atoms with E-state index < -0.39 is 5.97 Å². The molecule has 102 valence electrons. The number of rotatable bonds is 6. The zero-order valence-electron chi connectivity index (χ0n) is 11.4. The lowest BCUT2D eigenvalue weighted by molar-refractivity contribution is -0.137. The number of hydrogen-bond acceptors (Lipinski definition) is 2. The van der Waals surface area contributed by atoms with Crippen molar-refractivity contribution in [2.45, 2.75) is 26.3 Å². The molecule has 1 aromatic heterocycles. The molecule has 1 aromatic carbocycles.